The van der Waals surface area contributed by atoms with E-state index in [0.717, 1.165) is 5.56 Å². The van der Waals surface area contributed by atoms with Crippen LogP contribution in [0.2, 0.25) is 0 Å². The van der Waals surface area contributed by atoms with E-state index in [1.807, 2.05) is 12.1 Å². The molecule has 0 radical (unpaired) electrons. The van der Waals surface area contributed by atoms with Crippen LogP contribution in [0.1, 0.15) is 46.0 Å². The molecule has 3 aromatic carbocycles. The second-order valence-corrected chi connectivity index (χ2v) is 7.59. The van der Waals surface area contributed by atoms with Crippen LogP contribution in [0.3, 0.4) is 0 Å². The van der Waals surface area contributed by atoms with E-state index in [1.165, 1.54) is 30.3 Å². The molecule has 33 heavy (non-hydrogen) atoms. The van der Waals surface area contributed by atoms with Gasteiger partial charge < -0.3 is 14.8 Å². The molecular weight excluding hydrogens is 425 g/mol. The number of halogens is 1. The van der Waals surface area contributed by atoms with Crippen molar-refractivity contribution in [2.24, 2.45) is 0 Å². The first kappa shape index (κ1) is 23.7. The van der Waals surface area contributed by atoms with Gasteiger partial charge >= 0.3 is 5.97 Å². The van der Waals surface area contributed by atoms with Crippen molar-refractivity contribution < 1.29 is 28.2 Å². The van der Waals surface area contributed by atoms with Gasteiger partial charge in [-0.1, -0.05) is 62.4 Å². The van der Waals surface area contributed by atoms with Gasteiger partial charge in [0, 0.05) is 5.56 Å². The quantitative estimate of drug-likeness (QED) is 0.367. The van der Waals surface area contributed by atoms with E-state index >= 15 is 0 Å². The molecule has 0 spiro atoms. The second-order valence-electron chi connectivity index (χ2n) is 7.59. The van der Waals surface area contributed by atoms with Gasteiger partial charge in [-0.15, -0.1) is 0 Å². The van der Waals surface area contributed by atoms with Crippen LogP contribution in [0.15, 0.2) is 72.8 Å². The van der Waals surface area contributed by atoms with Crippen LogP contribution in [0, 0.1) is 5.82 Å². The molecule has 0 unspecified atom stereocenters. The lowest BCUT2D eigenvalue weighted by atomic mass is 10.0. The largest absolute Gasteiger partial charge is 0.483 e. The molecule has 1 N–H and O–H groups in total. The zero-order chi connectivity index (χ0) is 23.8. The second kappa shape index (κ2) is 11.0. The molecule has 0 aliphatic heterocycles. The van der Waals surface area contributed by atoms with Crippen molar-refractivity contribution in [2.45, 2.75) is 19.8 Å². The third kappa shape index (κ3) is 6.49. The summed E-state index contributed by atoms with van der Waals surface area (Å²) in [6.07, 6.45) is 0. The minimum absolute atomic E-state index is 0.0266. The Hall–Kier alpha value is -4.00. The molecule has 1 amide bonds. The highest BCUT2D eigenvalue weighted by atomic mass is 19.1. The van der Waals surface area contributed by atoms with Gasteiger partial charge in [0.2, 0.25) is 0 Å². The van der Waals surface area contributed by atoms with E-state index in [2.05, 4.69) is 19.2 Å². The SMILES string of the molecule is CC(C)c1ccc(C(=O)COC(=O)c2ccccc2OCC(=O)Nc2ccccc2F)cc1. The third-order valence-corrected chi connectivity index (χ3v) is 4.85. The molecule has 6 nitrogen and oxygen atoms in total. The Balaban J connectivity index is 1.57. The number of hydrogen-bond donors (Lipinski definition) is 1. The fourth-order valence-corrected chi connectivity index (χ4v) is 3.00. The maximum atomic E-state index is 13.7. The van der Waals surface area contributed by atoms with Gasteiger partial charge in [0.1, 0.15) is 17.1 Å². The first-order valence-electron chi connectivity index (χ1n) is 10.4. The van der Waals surface area contributed by atoms with Crippen molar-refractivity contribution in [2.75, 3.05) is 18.5 Å². The smallest absolute Gasteiger partial charge is 0.342 e. The normalized spacial score (nSPS) is 10.5. The fourth-order valence-electron chi connectivity index (χ4n) is 3.00. The molecule has 3 rings (SSSR count). The van der Waals surface area contributed by atoms with E-state index in [1.54, 1.807) is 30.3 Å². The lowest BCUT2D eigenvalue weighted by molar-refractivity contribution is -0.118. The summed E-state index contributed by atoms with van der Waals surface area (Å²) in [6.45, 7) is 3.24. The number of nitrogens with one attached hydrogen (secondary N) is 1. The van der Waals surface area contributed by atoms with E-state index < -0.39 is 30.9 Å². The predicted molar refractivity (Wildman–Crippen MR) is 122 cm³/mol. The number of anilines is 1. The highest BCUT2D eigenvalue weighted by molar-refractivity contribution is 6.00. The number of hydrogen-bond acceptors (Lipinski definition) is 5. The lowest BCUT2D eigenvalue weighted by Gasteiger charge is -2.12. The van der Waals surface area contributed by atoms with Crippen LogP contribution in [-0.4, -0.2) is 30.9 Å². The molecule has 0 fully saturated rings. The molecule has 0 aliphatic carbocycles. The minimum Gasteiger partial charge on any atom is -0.483 e. The van der Waals surface area contributed by atoms with Crippen LogP contribution < -0.4 is 10.1 Å². The summed E-state index contributed by atoms with van der Waals surface area (Å²) in [6, 6.07) is 19.1. The highest BCUT2D eigenvalue weighted by Gasteiger charge is 2.17. The number of carbonyl (C=O) groups is 3. The Morgan fingerprint density at radius 2 is 1.55 bits per heavy atom. The molecule has 0 aromatic heterocycles. The number of para-hydroxylation sites is 2. The lowest BCUT2D eigenvalue weighted by Crippen LogP contribution is -2.22. The van der Waals surface area contributed by atoms with Crippen LogP contribution in [0.5, 0.6) is 5.75 Å². The summed E-state index contributed by atoms with van der Waals surface area (Å²) in [5.41, 5.74) is 1.65. The molecule has 0 atom stereocenters. The molecule has 0 heterocycles. The monoisotopic (exact) mass is 449 g/mol. The van der Waals surface area contributed by atoms with Crippen molar-refractivity contribution >= 4 is 23.3 Å². The maximum absolute atomic E-state index is 13.7. The fraction of sp³-hybridized carbons (Fsp3) is 0.192. The Morgan fingerprint density at radius 1 is 0.879 bits per heavy atom. The summed E-state index contributed by atoms with van der Waals surface area (Å²) in [5.74, 6) is -1.80. The van der Waals surface area contributed by atoms with Crippen LogP contribution in [0.4, 0.5) is 10.1 Å². The summed E-state index contributed by atoms with van der Waals surface area (Å²) in [7, 11) is 0. The van der Waals surface area contributed by atoms with Gasteiger partial charge in [-0.25, -0.2) is 9.18 Å². The number of Topliss-reactive ketones (excluding diaryl/α,β-unsaturated/α-hetero) is 1. The third-order valence-electron chi connectivity index (χ3n) is 4.85. The van der Waals surface area contributed by atoms with Gasteiger partial charge in [-0.05, 0) is 35.7 Å². The molecule has 0 bridgehead atoms. The highest BCUT2D eigenvalue weighted by Crippen LogP contribution is 2.20. The zero-order valence-corrected chi connectivity index (χ0v) is 18.3. The van der Waals surface area contributed by atoms with Crippen molar-refractivity contribution in [1.29, 1.82) is 0 Å². The van der Waals surface area contributed by atoms with E-state index in [0.29, 0.717) is 11.5 Å². The average Bonchev–Trinajstić information content (AvgIpc) is 2.82. The summed E-state index contributed by atoms with van der Waals surface area (Å²) in [5, 5.41) is 2.40. The van der Waals surface area contributed by atoms with Gasteiger partial charge in [-0.2, -0.15) is 0 Å². The molecule has 0 saturated carbocycles. The number of esters is 1. The van der Waals surface area contributed by atoms with Crippen molar-refractivity contribution in [3.8, 4) is 5.75 Å². The van der Waals surface area contributed by atoms with E-state index in [4.69, 9.17) is 9.47 Å². The summed E-state index contributed by atoms with van der Waals surface area (Å²) < 4.78 is 24.3. The van der Waals surface area contributed by atoms with Gasteiger partial charge in [-0.3, -0.25) is 9.59 Å². The van der Waals surface area contributed by atoms with Gasteiger partial charge in [0.15, 0.2) is 19.0 Å². The van der Waals surface area contributed by atoms with E-state index in [-0.39, 0.29) is 22.8 Å². The van der Waals surface area contributed by atoms with E-state index in [9.17, 15) is 18.8 Å². The Bertz CT molecular complexity index is 1140. The first-order chi connectivity index (χ1) is 15.8. The molecule has 0 aliphatic rings. The molecule has 3 aromatic rings. The Labute approximate surface area is 191 Å². The standard InChI is InChI=1S/C26H24FNO5/c1-17(2)18-11-13-19(14-12-18)23(29)15-33-26(31)20-7-3-6-10-24(20)32-16-25(30)28-22-9-5-4-8-21(22)27/h3-14,17H,15-16H2,1-2H3,(H,28,30). The number of benzene rings is 3. The van der Waals surface area contributed by atoms with Crippen LogP contribution in [0.25, 0.3) is 0 Å². The summed E-state index contributed by atoms with van der Waals surface area (Å²) >= 11 is 0. The Kier molecular flexibility index (Phi) is 7.91. The number of ketones is 1. The van der Waals surface area contributed by atoms with Crippen molar-refractivity contribution in [1.82, 2.24) is 0 Å². The first-order valence-corrected chi connectivity index (χ1v) is 10.4. The maximum Gasteiger partial charge on any atom is 0.342 e. The summed E-state index contributed by atoms with van der Waals surface area (Å²) in [4.78, 5) is 37.0. The number of amides is 1. The predicted octanol–water partition coefficient (Wildman–Crippen LogP) is 5.01. The van der Waals surface area contributed by atoms with Gasteiger partial charge in [0.25, 0.3) is 5.91 Å². The van der Waals surface area contributed by atoms with Crippen molar-refractivity contribution in [3.05, 3.63) is 95.3 Å². The topological polar surface area (TPSA) is 81.7 Å². The Morgan fingerprint density at radius 3 is 2.24 bits per heavy atom. The number of rotatable bonds is 9. The molecule has 0 saturated heterocycles. The molecule has 170 valence electrons. The molecular formula is C26H24FNO5. The van der Waals surface area contributed by atoms with Gasteiger partial charge in [0.05, 0.1) is 5.69 Å². The van der Waals surface area contributed by atoms with Crippen LogP contribution in [-0.2, 0) is 9.53 Å². The number of ether oxygens (including phenoxy) is 2. The number of carbonyl (C=O) groups excluding carboxylic acids is 3. The molecule has 7 heteroatoms. The van der Waals surface area contributed by atoms with Crippen molar-refractivity contribution in [3.63, 3.8) is 0 Å². The van der Waals surface area contributed by atoms with Crippen LogP contribution >= 0.6 is 0 Å². The average molecular weight is 449 g/mol. The minimum atomic E-state index is -0.757. The zero-order valence-electron chi connectivity index (χ0n) is 18.3.